The summed E-state index contributed by atoms with van der Waals surface area (Å²) in [6, 6.07) is 7.72. The number of likely N-dealkylation sites (N-methyl/N-ethyl adjacent to an activating group) is 2. The Balaban J connectivity index is 1.34. The van der Waals surface area contributed by atoms with Crippen LogP contribution in [0.25, 0.3) is 11.2 Å². The summed E-state index contributed by atoms with van der Waals surface area (Å²) in [6.07, 6.45) is 2.91. The zero-order valence-electron chi connectivity index (χ0n) is 25.2. The summed E-state index contributed by atoms with van der Waals surface area (Å²) >= 11 is 0. The van der Waals surface area contributed by atoms with E-state index in [0.29, 0.717) is 11.5 Å². The van der Waals surface area contributed by atoms with E-state index >= 15 is 0 Å². The fourth-order valence-electron chi connectivity index (χ4n) is 5.74. The molecule has 0 radical (unpaired) electrons. The highest BCUT2D eigenvalue weighted by molar-refractivity contribution is 6.04. The highest BCUT2D eigenvalue weighted by Gasteiger charge is 2.23. The minimum Gasteiger partial charge on any atom is -0.352 e. The molecule has 4 heterocycles. The molecule has 0 unspecified atom stereocenters. The van der Waals surface area contributed by atoms with Gasteiger partial charge in [0, 0.05) is 71.0 Å². The van der Waals surface area contributed by atoms with E-state index < -0.39 is 0 Å². The quantitative estimate of drug-likeness (QED) is 0.378. The summed E-state index contributed by atoms with van der Waals surface area (Å²) in [5.41, 5.74) is 3.33. The molecule has 41 heavy (non-hydrogen) atoms. The second-order valence-corrected chi connectivity index (χ2v) is 11.4. The predicted octanol–water partition coefficient (Wildman–Crippen LogP) is 2.31. The third kappa shape index (κ3) is 7.40. The number of benzene rings is 1. The number of hydrogen-bond acceptors (Lipinski definition) is 9. The molecule has 11 heteroatoms. The third-order valence-electron chi connectivity index (χ3n) is 8.29. The highest BCUT2D eigenvalue weighted by Crippen LogP contribution is 2.26. The molecule has 2 aliphatic heterocycles. The molecule has 5 rings (SSSR count). The van der Waals surface area contributed by atoms with Crippen LogP contribution in [0.4, 0.5) is 11.8 Å². The Morgan fingerprint density at radius 2 is 1.49 bits per heavy atom. The van der Waals surface area contributed by atoms with Crippen LogP contribution in [0.5, 0.6) is 0 Å². The lowest BCUT2D eigenvalue weighted by Crippen LogP contribution is -2.46. The van der Waals surface area contributed by atoms with Gasteiger partial charge in [-0.15, -0.1) is 0 Å². The van der Waals surface area contributed by atoms with Gasteiger partial charge in [0.25, 0.3) is 5.91 Å². The van der Waals surface area contributed by atoms with Crippen LogP contribution >= 0.6 is 0 Å². The predicted molar refractivity (Wildman–Crippen MR) is 165 cm³/mol. The van der Waals surface area contributed by atoms with Crippen molar-refractivity contribution in [1.82, 2.24) is 39.1 Å². The number of imidazole rings is 1. The summed E-state index contributed by atoms with van der Waals surface area (Å²) in [5, 5.41) is 2.98. The van der Waals surface area contributed by atoms with E-state index in [4.69, 9.17) is 15.0 Å². The van der Waals surface area contributed by atoms with Gasteiger partial charge < -0.3 is 29.1 Å². The molecule has 0 atom stereocenters. The van der Waals surface area contributed by atoms with Gasteiger partial charge in [-0.25, -0.2) is 4.98 Å². The van der Waals surface area contributed by atoms with Gasteiger partial charge in [-0.05, 0) is 57.8 Å². The Bertz CT molecular complexity index is 1270. The number of aromatic nitrogens is 4. The molecule has 3 aromatic rings. The number of amides is 1. The van der Waals surface area contributed by atoms with E-state index in [2.05, 4.69) is 48.2 Å². The molecule has 11 nitrogen and oxygen atoms in total. The molecular formula is C30H46N10O. The van der Waals surface area contributed by atoms with Crippen LogP contribution in [0.15, 0.2) is 30.6 Å². The van der Waals surface area contributed by atoms with Crippen LogP contribution < -0.4 is 10.2 Å². The number of anilines is 2. The summed E-state index contributed by atoms with van der Waals surface area (Å²) in [5.74, 6) is 0.918. The lowest BCUT2D eigenvalue weighted by Gasteiger charge is -2.34. The van der Waals surface area contributed by atoms with Crippen molar-refractivity contribution in [2.45, 2.75) is 33.4 Å². The van der Waals surface area contributed by atoms with Crippen LogP contribution in [-0.4, -0.2) is 131 Å². The first kappa shape index (κ1) is 29.4. The highest BCUT2D eigenvalue weighted by atomic mass is 16.1. The monoisotopic (exact) mass is 562 g/mol. The van der Waals surface area contributed by atoms with Gasteiger partial charge in [0.05, 0.1) is 6.33 Å². The van der Waals surface area contributed by atoms with Crippen molar-refractivity contribution in [2.24, 2.45) is 0 Å². The van der Waals surface area contributed by atoms with E-state index in [9.17, 15) is 4.79 Å². The SMILES string of the molecule is CCN1CCN(CCCn2cnc3c(N4CCN(CC)CC4)nc(NC(=O)c4ccc(CN(C)C)cc4)nc32)CC1. The van der Waals surface area contributed by atoms with Crippen LogP contribution in [-0.2, 0) is 13.1 Å². The van der Waals surface area contributed by atoms with Gasteiger partial charge in [0.15, 0.2) is 17.0 Å². The number of nitrogens with one attached hydrogen (secondary N) is 1. The average molecular weight is 563 g/mol. The molecule has 2 saturated heterocycles. The molecule has 0 bridgehead atoms. The third-order valence-corrected chi connectivity index (χ3v) is 8.29. The second kappa shape index (κ2) is 13.7. The molecule has 0 saturated carbocycles. The molecule has 2 aliphatic rings. The van der Waals surface area contributed by atoms with Crippen molar-refractivity contribution in [3.63, 3.8) is 0 Å². The Morgan fingerprint density at radius 3 is 2.12 bits per heavy atom. The van der Waals surface area contributed by atoms with Gasteiger partial charge >= 0.3 is 0 Å². The van der Waals surface area contributed by atoms with E-state index in [-0.39, 0.29) is 5.91 Å². The Hall–Kier alpha value is -3.12. The number of carbonyl (C=O) groups is 1. The van der Waals surface area contributed by atoms with Crippen LogP contribution in [0.1, 0.15) is 36.2 Å². The average Bonchev–Trinajstić information content (AvgIpc) is 3.40. The molecule has 0 spiro atoms. The number of rotatable bonds is 11. The Labute approximate surface area is 244 Å². The first-order valence-corrected chi connectivity index (χ1v) is 15.1. The number of aryl methyl sites for hydroxylation is 1. The Kier molecular flexibility index (Phi) is 9.81. The molecule has 1 N–H and O–H groups in total. The zero-order valence-corrected chi connectivity index (χ0v) is 25.2. The molecule has 2 fully saturated rings. The fourth-order valence-corrected chi connectivity index (χ4v) is 5.74. The fraction of sp³-hybridized carbons (Fsp3) is 0.600. The van der Waals surface area contributed by atoms with Crippen molar-refractivity contribution in [2.75, 3.05) is 96.3 Å². The smallest absolute Gasteiger partial charge is 0.258 e. The number of piperazine rings is 2. The standard InChI is InChI=1S/C30H46N10O/c1-5-36-14-16-38(17-15-36)12-7-13-40-23-31-26-27(39-20-18-37(6-2)19-21-39)32-30(33-28(26)40)34-29(41)25-10-8-24(9-11-25)22-35(3)4/h8-11,23H,5-7,12-22H2,1-4H3,(H,32,33,34,41). The molecular weight excluding hydrogens is 516 g/mol. The maximum absolute atomic E-state index is 13.2. The van der Waals surface area contributed by atoms with E-state index in [1.54, 1.807) is 0 Å². The Morgan fingerprint density at radius 1 is 0.854 bits per heavy atom. The molecule has 222 valence electrons. The number of carbonyl (C=O) groups excluding carboxylic acids is 1. The normalized spacial score (nSPS) is 17.5. The summed E-state index contributed by atoms with van der Waals surface area (Å²) in [7, 11) is 4.07. The minimum absolute atomic E-state index is 0.209. The molecule has 1 aromatic carbocycles. The van der Waals surface area contributed by atoms with Crippen molar-refractivity contribution in [3.8, 4) is 0 Å². The molecule has 2 aromatic heterocycles. The first-order chi connectivity index (χ1) is 19.9. The number of hydrogen-bond donors (Lipinski definition) is 1. The zero-order chi connectivity index (χ0) is 28.8. The van der Waals surface area contributed by atoms with Crippen LogP contribution in [0.3, 0.4) is 0 Å². The maximum atomic E-state index is 13.2. The van der Waals surface area contributed by atoms with Crippen molar-refractivity contribution in [3.05, 3.63) is 41.7 Å². The number of fused-ring (bicyclic) bond motifs is 1. The van der Waals surface area contributed by atoms with Gasteiger partial charge in [0.1, 0.15) is 0 Å². The summed E-state index contributed by atoms with van der Waals surface area (Å²) < 4.78 is 2.12. The largest absolute Gasteiger partial charge is 0.352 e. The van der Waals surface area contributed by atoms with Gasteiger partial charge in [-0.1, -0.05) is 26.0 Å². The maximum Gasteiger partial charge on any atom is 0.258 e. The lowest BCUT2D eigenvalue weighted by molar-refractivity contribution is 0.102. The van der Waals surface area contributed by atoms with Crippen molar-refractivity contribution in [1.29, 1.82) is 0 Å². The minimum atomic E-state index is -0.209. The summed E-state index contributed by atoms with van der Waals surface area (Å²) in [4.78, 5) is 39.6. The molecule has 0 aliphatic carbocycles. The van der Waals surface area contributed by atoms with Gasteiger partial charge in [-0.3, -0.25) is 10.1 Å². The van der Waals surface area contributed by atoms with Crippen molar-refractivity contribution < 1.29 is 4.79 Å². The number of nitrogens with zero attached hydrogens (tertiary/aromatic N) is 9. The molecule has 1 amide bonds. The summed E-state index contributed by atoms with van der Waals surface area (Å²) in [6.45, 7) is 17.6. The van der Waals surface area contributed by atoms with E-state index in [1.165, 1.54) is 0 Å². The lowest BCUT2D eigenvalue weighted by atomic mass is 10.1. The van der Waals surface area contributed by atoms with Gasteiger partial charge in [-0.2, -0.15) is 9.97 Å². The van der Waals surface area contributed by atoms with E-state index in [1.807, 2.05) is 44.7 Å². The van der Waals surface area contributed by atoms with Gasteiger partial charge in [0.2, 0.25) is 5.95 Å². The van der Waals surface area contributed by atoms with E-state index in [0.717, 1.165) is 114 Å². The topological polar surface area (TPSA) is 88.9 Å². The van der Waals surface area contributed by atoms with Crippen LogP contribution in [0.2, 0.25) is 0 Å². The first-order valence-electron chi connectivity index (χ1n) is 15.1. The second-order valence-electron chi connectivity index (χ2n) is 11.4. The van der Waals surface area contributed by atoms with Crippen LogP contribution in [0, 0.1) is 0 Å². The van der Waals surface area contributed by atoms with Crippen molar-refractivity contribution >= 4 is 28.8 Å².